The maximum Gasteiger partial charge on any atom is 0.321 e. The van der Waals surface area contributed by atoms with Crippen LogP contribution in [0.5, 0.6) is 17.4 Å². The molecule has 12 nitrogen and oxygen atoms in total. The van der Waals surface area contributed by atoms with Crippen molar-refractivity contribution in [3.8, 4) is 28.5 Å². The summed E-state index contributed by atoms with van der Waals surface area (Å²) in [4.78, 5) is 42.3. The van der Waals surface area contributed by atoms with Gasteiger partial charge in [0.05, 0.1) is 19.2 Å². The average molecular weight is 535 g/mol. The van der Waals surface area contributed by atoms with Gasteiger partial charge in [-0.3, -0.25) is 4.79 Å². The Kier molecular flexibility index (Phi) is 7.46. The van der Waals surface area contributed by atoms with Gasteiger partial charge < -0.3 is 34.4 Å². The maximum atomic E-state index is 13.6. The highest BCUT2D eigenvalue weighted by atomic mass is 16.7. The zero-order chi connectivity index (χ0) is 27.5. The van der Waals surface area contributed by atoms with E-state index in [1.165, 1.54) is 11.2 Å². The molecule has 3 atom stereocenters. The van der Waals surface area contributed by atoms with Gasteiger partial charge in [-0.2, -0.15) is 0 Å². The highest BCUT2D eigenvalue weighted by Gasteiger charge is 2.35. The zero-order valence-corrected chi connectivity index (χ0v) is 21.9. The van der Waals surface area contributed by atoms with E-state index >= 15 is 0 Å². The molecule has 0 bridgehead atoms. The van der Waals surface area contributed by atoms with E-state index in [0.717, 1.165) is 0 Å². The Morgan fingerprint density at radius 3 is 2.72 bits per heavy atom. The van der Waals surface area contributed by atoms with Gasteiger partial charge in [0.25, 0.3) is 5.91 Å². The quantitative estimate of drug-likeness (QED) is 0.489. The second-order valence-electron chi connectivity index (χ2n) is 9.71. The Morgan fingerprint density at radius 2 is 1.95 bits per heavy atom. The van der Waals surface area contributed by atoms with E-state index in [0.29, 0.717) is 34.9 Å². The van der Waals surface area contributed by atoms with Crippen molar-refractivity contribution in [1.82, 2.24) is 24.8 Å². The van der Waals surface area contributed by atoms with Crippen LogP contribution < -0.4 is 19.5 Å². The number of benzene rings is 1. The average Bonchev–Trinajstić information content (AvgIpc) is 3.42. The fourth-order valence-corrected chi connectivity index (χ4v) is 4.47. The number of nitrogens with one attached hydrogen (secondary N) is 1. The van der Waals surface area contributed by atoms with E-state index in [1.807, 2.05) is 6.92 Å². The van der Waals surface area contributed by atoms with E-state index in [1.54, 1.807) is 61.7 Å². The zero-order valence-electron chi connectivity index (χ0n) is 21.9. The van der Waals surface area contributed by atoms with Crippen molar-refractivity contribution in [3.63, 3.8) is 0 Å². The number of fused-ring (bicyclic) bond motifs is 2. The second kappa shape index (κ2) is 11.1. The van der Waals surface area contributed by atoms with Crippen LogP contribution in [0.2, 0.25) is 0 Å². The Bertz CT molecular complexity index is 1360. The topological polar surface area (TPSA) is 139 Å². The number of anilines is 1. The van der Waals surface area contributed by atoms with Crippen LogP contribution in [-0.2, 0) is 0 Å². The number of carbonyl (C=O) groups is 2. The lowest BCUT2D eigenvalue weighted by atomic mass is 9.99. The SMILES string of the molecule is C[C@H]1CN([C@@H](C)CO)C(=O)c2cc(-c3cncnc3)cnc2O[C@@H]1CN(C)C(=O)Nc1ccc2c(c1)OCO2. The number of nitrogens with zero attached hydrogens (tertiary/aromatic N) is 5. The number of ether oxygens (including phenoxy) is 3. The summed E-state index contributed by atoms with van der Waals surface area (Å²) < 4.78 is 17.0. The largest absolute Gasteiger partial charge is 0.472 e. The minimum Gasteiger partial charge on any atom is -0.472 e. The summed E-state index contributed by atoms with van der Waals surface area (Å²) in [5, 5.41) is 12.7. The third kappa shape index (κ3) is 5.55. The number of aliphatic hydroxyl groups excluding tert-OH is 1. The highest BCUT2D eigenvalue weighted by Crippen LogP contribution is 2.34. The molecule has 0 aliphatic carbocycles. The van der Waals surface area contributed by atoms with E-state index in [4.69, 9.17) is 14.2 Å². The predicted molar refractivity (Wildman–Crippen MR) is 141 cm³/mol. The molecule has 2 aliphatic rings. The number of carbonyl (C=O) groups excluding carboxylic acids is 2. The van der Waals surface area contributed by atoms with Gasteiger partial charge in [-0.05, 0) is 25.1 Å². The van der Waals surface area contributed by atoms with Crippen molar-refractivity contribution in [2.45, 2.75) is 26.0 Å². The van der Waals surface area contributed by atoms with Gasteiger partial charge in [-0.1, -0.05) is 6.92 Å². The third-order valence-electron chi connectivity index (χ3n) is 6.84. The van der Waals surface area contributed by atoms with Gasteiger partial charge in [-0.25, -0.2) is 19.7 Å². The lowest BCUT2D eigenvalue weighted by Gasteiger charge is -2.37. The molecule has 0 fully saturated rings. The molecule has 2 aliphatic heterocycles. The Labute approximate surface area is 225 Å². The molecular weight excluding hydrogens is 504 g/mol. The van der Waals surface area contributed by atoms with E-state index in [9.17, 15) is 14.7 Å². The molecule has 0 radical (unpaired) electrons. The summed E-state index contributed by atoms with van der Waals surface area (Å²) >= 11 is 0. The molecule has 12 heteroatoms. The van der Waals surface area contributed by atoms with E-state index in [-0.39, 0.29) is 49.2 Å². The van der Waals surface area contributed by atoms with Crippen LogP contribution in [0, 0.1) is 5.92 Å². The number of hydrogen-bond donors (Lipinski definition) is 2. The first-order valence-corrected chi connectivity index (χ1v) is 12.6. The van der Waals surface area contributed by atoms with Crippen LogP contribution in [-0.4, -0.2) is 87.5 Å². The minimum absolute atomic E-state index is 0.147. The monoisotopic (exact) mass is 534 g/mol. The van der Waals surface area contributed by atoms with Crippen molar-refractivity contribution in [2.75, 3.05) is 38.9 Å². The Morgan fingerprint density at radius 1 is 1.18 bits per heavy atom. The molecule has 2 aromatic heterocycles. The predicted octanol–water partition coefficient (Wildman–Crippen LogP) is 2.65. The molecule has 2 N–H and O–H groups in total. The molecule has 204 valence electrons. The molecule has 3 aromatic rings. The first-order valence-electron chi connectivity index (χ1n) is 12.6. The van der Waals surface area contributed by atoms with Gasteiger partial charge in [0, 0.05) is 61.0 Å². The number of rotatable bonds is 6. The number of urea groups is 1. The Balaban J connectivity index is 1.38. The summed E-state index contributed by atoms with van der Waals surface area (Å²) in [5.74, 6) is 0.887. The first kappa shape index (κ1) is 26.2. The van der Waals surface area contributed by atoms with Crippen LogP contribution >= 0.6 is 0 Å². The normalized spacial score (nSPS) is 18.9. The molecule has 1 aromatic carbocycles. The molecule has 5 rings (SSSR count). The summed E-state index contributed by atoms with van der Waals surface area (Å²) in [6, 6.07) is 6.12. The fourth-order valence-electron chi connectivity index (χ4n) is 4.47. The number of amides is 3. The lowest BCUT2D eigenvalue weighted by molar-refractivity contribution is 0.0356. The van der Waals surface area contributed by atoms with Crippen LogP contribution in [0.15, 0.2) is 49.2 Å². The lowest BCUT2D eigenvalue weighted by Crippen LogP contribution is -2.50. The van der Waals surface area contributed by atoms with Crippen molar-refractivity contribution in [2.24, 2.45) is 5.92 Å². The summed E-state index contributed by atoms with van der Waals surface area (Å²) in [7, 11) is 1.67. The fraction of sp³-hybridized carbons (Fsp3) is 0.370. The molecular formula is C27H30N6O6. The van der Waals surface area contributed by atoms with E-state index < -0.39 is 12.1 Å². The maximum absolute atomic E-state index is 13.6. The first-order chi connectivity index (χ1) is 18.8. The Hall–Kier alpha value is -4.45. The molecule has 0 spiro atoms. The number of hydrogen-bond acceptors (Lipinski definition) is 9. The van der Waals surface area contributed by atoms with Gasteiger partial charge >= 0.3 is 6.03 Å². The summed E-state index contributed by atoms with van der Waals surface area (Å²) in [5.41, 5.74) is 2.20. The number of aromatic nitrogens is 3. The van der Waals surface area contributed by atoms with Crippen molar-refractivity contribution >= 4 is 17.6 Å². The van der Waals surface area contributed by atoms with Crippen LogP contribution in [0.4, 0.5) is 10.5 Å². The van der Waals surface area contributed by atoms with Crippen LogP contribution in [0.3, 0.4) is 0 Å². The van der Waals surface area contributed by atoms with E-state index in [2.05, 4.69) is 20.3 Å². The third-order valence-corrected chi connectivity index (χ3v) is 6.84. The molecule has 4 heterocycles. The smallest absolute Gasteiger partial charge is 0.321 e. The molecule has 0 saturated carbocycles. The van der Waals surface area contributed by atoms with Gasteiger partial charge in [0.2, 0.25) is 12.7 Å². The summed E-state index contributed by atoms with van der Waals surface area (Å²) in [6.07, 6.45) is 5.81. The molecule has 39 heavy (non-hydrogen) atoms. The molecule has 0 unspecified atom stereocenters. The van der Waals surface area contributed by atoms with Gasteiger partial charge in [0.15, 0.2) is 11.5 Å². The van der Waals surface area contributed by atoms with Crippen LogP contribution in [0.1, 0.15) is 24.2 Å². The minimum atomic E-state index is -0.490. The van der Waals surface area contributed by atoms with Crippen LogP contribution in [0.25, 0.3) is 11.1 Å². The van der Waals surface area contributed by atoms with Crippen molar-refractivity contribution < 1.29 is 28.9 Å². The highest BCUT2D eigenvalue weighted by molar-refractivity contribution is 5.98. The van der Waals surface area contributed by atoms with Gasteiger partial charge in [-0.15, -0.1) is 0 Å². The standard InChI is InChI=1S/C27H30N6O6/c1-16-11-33(17(2)13-34)26(35)21-6-18(19-8-28-14-29-9-19)10-30-25(21)39-24(16)12-32(3)27(36)31-20-4-5-22-23(7-20)38-15-37-22/h4-10,14,16-17,24,34H,11-13,15H2,1-3H3,(H,31,36)/t16-,17-,24+/m0/s1. The second-order valence-corrected chi connectivity index (χ2v) is 9.71. The van der Waals surface area contributed by atoms with Gasteiger partial charge in [0.1, 0.15) is 18.0 Å². The molecule has 0 saturated heterocycles. The number of likely N-dealkylation sites (N-methyl/N-ethyl adjacent to an activating group) is 1. The van der Waals surface area contributed by atoms with Crippen molar-refractivity contribution in [1.29, 1.82) is 0 Å². The van der Waals surface area contributed by atoms with Crippen molar-refractivity contribution in [3.05, 3.63) is 54.7 Å². The summed E-state index contributed by atoms with van der Waals surface area (Å²) in [6.45, 7) is 4.22. The molecule has 3 amide bonds. The number of aliphatic hydroxyl groups is 1. The number of pyridine rings is 1.